The molecule has 3 aromatic rings. The number of rotatable bonds is 5. The van der Waals surface area contributed by atoms with Crippen molar-refractivity contribution in [2.24, 2.45) is 0 Å². The third-order valence-corrected chi connectivity index (χ3v) is 4.02. The third-order valence-electron chi connectivity index (χ3n) is 3.28. The summed E-state index contributed by atoms with van der Waals surface area (Å²) in [5.41, 5.74) is 2.39. The first kappa shape index (κ1) is 14.7. The zero-order chi connectivity index (χ0) is 15.4. The van der Waals surface area contributed by atoms with Crippen molar-refractivity contribution in [2.75, 3.05) is 11.6 Å². The molecule has 0 bridgehead atoms. The lowest BCUT2D eigenvalue weighted by atomic mass is 10.2. The van der Waals surface area contributed by atoms with E-state index in [-0.39, 0.29) is 5.91 Å². The SMILES string of the molecule is CSc1ccc(NC(=O)CCc2nc3ccccc3o2)cc1. The van der Waals surface area contributed by atoms with E-state index in [1.165, 1.54) is 4.90 Å². The van der Waals surface area contributed by atoms with Crippen LogP contribution >= 0.6 is 11.8 Å². The molecule has 0 aliphatic rings. The van der Waals surface area contributed by atoms with Crippen LogP contribution in [0.4, 0.5) is 5.69 Å². The van der Waals surface area contributed by atoms with Crippen molar-refractivity contribution in [3.05, 3.63) is 54.4 Å². The minimum absolute atomic E-state index is 0.0424. The van der Waals surface area contributed by atoms with Gasteiger partial charge in [0.05, 0.1) is 0 Å². The molecule has 0 radical (unpaired) electrons. The van der Waals surface area contributed by atoms with Gasteiger partial charge in [-0.3, -0.25) is 4.79 Å². The van der Waals surface area contributed by atoms with E-state index in [2.05, 4.69) is 10.3 Å². The molecule has 1 aromatic heterocycles. The molecule has 0 saturated carbocycles. The molecule has 5 heteroatoms. The van der Waals surface area contributed by atoms with Crippen molar-refractivity contribution < 1.29 is 9.21 Å². The van der Waals surface area contributed by atoms with Crippen molar-refractivity contribution in [1.29, 1.82) is 0 Å². The second kappa shape index (κ2) is 6.66. The molecule has 0 saturated heterocycles. The molecule has 1 N–H and O–H groups in total. The summed E-state index contributed by atoms with van der Waals surface area (Å²) in [6, 6.07) is 15.4. The molecule has 4 nitrogen and oxygen atoms in total. The Bertz CT molecular complexity index is 748. The van der Waals surface area contributed by atoms with Crippen molar-refractivity contribution in [3.63, 3.8) is 0 Å². The first-order chi connectivity index (χ1) is 10.7. The van der Waals surface area contributed by atoms with Gasteiger partial charge >= 0.3 is 0 Å². The molecule has 0 fully saturated rings. The number of para-hydroxylation sites is 2. The van der Waals surface area contributed by atoms with Crippen molar-refractivity contribution in [1.82, 2.24) is 4.98 Å². The van der Waals surface area contributed by atoms with Crippen LogP contribution in [0.2, 0.25) is 0 Å². The molecule has 112 valence electrons. The maximum atomic E-state index is 12.0. The lowest BCUT2D eigenvalue weighted by Crippen LogP contribution is -2.12. The first-order valence-electron chi connectivity index (χ1n) is 7.03. The van der Waals surface area contributed by atoms with E-state index in [0.717, 1.165) is 16.8 Å². The number of fused-ring (bicyclic) bond motifs is 1. The summed E-state index contributed by atoms with van der Waals surface area (Å²) in [5.74, 6) is 0.549. The summed E-state index contributed by atoms with van der Waals surface area (Å²) in [5, 5.41) is 2.88. The number of thioether (sulfide) groups is 1. The Kier molecular flexibility index (Phi) is 4.44. The van der Waals surface area contributed by atoms with Crippen LogP contribution in [0.1, 0.15) is 12.3 Å². The van der Waals surface area contributed by atoms with Gasteiger partial charge in [-0.2, -0.15) is 0 Å². The highest BCUT2D eigenvalue weighted by Gasteiger charge is 2.08. The summed E-state index contributed by atoms with van der Waals surface area (Å²) in [6.45, 7) is 0. The topological polar surface area (TPSA) is 55.1 Å². The van der Waals surface area contributed by atoms with E-state index in [0.29, 0.717) is 18.7 Å². The van der Waals surface area contributed by atoms with Gasteiger partial charge in [-0.05, 0) is 42.7 Å². The van der Waals surface area contributed by atoms with E-state index >= 15 is 0 Å². The van der Waals surface area contributed by atoms with E-state index < -0.39 is 0 Å². The molecule has 1 amide bonds. The summed E-state index contributed by atoms with van der Waals surface area (Å²) < 4.78 is 5.61. The van der Waals surface area contributed by atoms with Gasteiger partial charge in [0, 0.05) is 23.4 Å². The largest absolute Gasteiger partial charge is 0.441 e. The molecule has 0 aliphatic carbocycles. The highest BCUT2D eigenvalue weighted by molar-refractivity contribution is 7.98. The predicted molar refractivity (Wildman–Crippen MR) is 89.2 cm³/mol. The maximum absolute atomic E-state index is 12.0. The maximum Gasteiger partial charge on any atom is 0.224 e. The number of aryl methyl sites for hydroxylation is 1. The van der Waals surface area contributed by atoms with Gasteiger partial charge in [-0.1, -0.05) is 12.1 Å². The number of carbonyl (C=O) groups excluding carboxylic acids is 1. The number of amides is 1. The van der Waals surface area contributed by atoms with E-state index in [4.69, 9.17) is 4.42 Å². The number of benzene rings is 2. The van der Waals surface area contributed by atoms with Crippen LogP contribution in [0.3, 0.4) is 0 Å². The summed E-state index contributed by atoms with van der Waals surface area (Å²) in [4.78, 5) is 17.5. The predicted octanol–water partition coefficient (Wildman–Crippen LogP) is 4.12. The molecule has 3 rings (SSSR count). The van der Waals surface area contributed by atoms with Gasteiger partial charge in [0.1, 0.15) is 5.52 Å². The number of oxazole rings is 1. The Morgan fingerprint density at radius 3 is 2.68 bits per heavy atom. The molecule has 0 aliphatic heterocycles. The van der Waals surface area contributed by atoms with Crippen LogP contribution in [0.15, 0.2) is 57.8 Å². The van der Waals surface area contributed by atoms with E-state index in [1.54, 1.807) is 11.8 Å². The number of aromatic nitrogens is 1. The molecule has 0 atom stereocenters. The average Bonchev–Trinajstić information content (AvgIpc) is 2.96. The van der Waals surface area contributed by atoms with Crippen molar-refractivity contribution in [3.8, 4) is 0 Å². The molecule has 0 unspecified atom stereocenters. The minimum atomic E-state index is -0.0424. The van der Waals surface area contributed by atoms with Crippen LogP contribution in [0, 0.1) is 0 Å². The average molecular weight is 312 g/mol. The monoisotopic (exact) mass is 312 g/mol. The quantitative estimate of drug-likeness (QED) is 0.720. The summed E-state index contributed by atoms with van der Waals surface area (Å²) in [6.07, 6.45) is 2.86. The molecular formula is C17H16N2O2S. The number of hydrogen-bond acceptors (Lipinski definition) is 4. The highest BCUT2D eigenvalue weighted by Crippen LogP contribution is 2.18. The lowest BCUT2D eigenvalue weighted by molar-refractivity contribution is -0.116. The van der Waals surface area contributed by atoms with Gasteiger partial charge in [0.25, 0.3) is 0 Å². The Morgan fingerprint density at radius 1 is 1.18 bits per heavy atom. The number of nitrogens with one attached hydrogen (secondary N) is 1. The summed E-state index contributed by atoms with van der Waals surface area (Å²) in [7, 11) is 0. The van der Waals surface area contributed by atoms with Crippen LogP contribution in [-0.4, -0.2) is 17.1 Å². The van der Waals surface area contributed by atoms with Crippen LogP contribution in [0.5, 0.6) is 0 Å². The summed E-state index contributed by atoms with van der Waals surface area (Å²) >= 11 is 1.67. The van der Waals surface area contributed by atoms with Gasteiger partial charge in [-0.15, -0.1) is 11.8 Å². The van der Waals surface area contributed by atoms with E-state index in [9.17, 15) is 4.79 Å². The van der Waals surface area contributed by atoms with Crippen molar-refractivity contribution >= 4 is 34.5 Å². The van der Waals surface area contributed by atoms with Gasteiger partial charge in [0.2, 0.25) is 5.91 Å². The van der Waals surface area contributed by atoms with Gasteiger partial charge in [0.15, 0.2) is 11.5 Å². The number of anilines is 1. The fourth-order valence-corrected chi connectivity index (χ4v) is 2.55. The van der Waals surface area contributed by atoms with Crippen molar-refractivity contribution in [2.45, 2.75) is 17.7 Å². The molecule has 0 spiro atoms. The number of nitrogens with zero attached hydrogens (tertiary/aromatic N) is 1. The van der Waals surface area contributed by atoms with Crippen LogP contribution in [-0.2, 0) is 11.2 Å². The normalized spacial score (nSPS) is 10.8. The Hall–Kier alpha value is -2.27. The Balaban J connectivity index is 1.57. The zero-order valence-electron chi connectivity index (χ0n) is 12.2. The Labute approximate surface area is 132 Å². The fraction of sp³-hybridized carbons (Fsp3) is 0.176. The molecule has 22 heavy (non-hydrogen) atoms. The van der Waals surface area contributed by atoms with Crippen LogP contribution in [0.25, 0.3) is 11.1 Å². The molecule has 2 aromatic carbocycles. The number of carbonyl (C=O) groups is 1. The first-order valence-corrected chi connectivity index (χ1v) is 8.25. The fourth-order valence-electron chi connectivity index (χ4n) is 2.15. The highest BCUT2D eigenvalue weighted by atomic mass is 32.2. The minimum Gasteiger partial charge on any atom is -0.441 e. The second-order valence-electron chi connectivity index (χ2n) is 4.85. The molecular weight excluding hydrogens is 296 g/mol. The van der Waals surface area contributed by atoms with Gasteiger partial charge < -0.3 is 9.73 Å². The standard InChI is InChI=1S/C17H16N2O2S/c1-22-13-8-6-12(7-9-13)18-16(20)10-11-17-19-14-4-2-3-5-15(14)21-17/h2-9H,10-11H2,1H3,(H,18,20). The van der Waals surface area contributed by atoms with Gasteiger partial charge in [-0.25, -0.2) is 4.98 Å². The third kappa shape index (κ3) is 3.49. The Morgan fingerprint density at radius 2 is 1.95 bits per heavy atom. The molecule has 1 heterocycles. The zero-order valence-corrected chi connectivity index (χ0v) is 13.0. The lowest BCUT2D eigenvalue weighted by Gasteiger charge is -2.04. The number of hydrogen-bond donors (Lipinski definition) is 1. The smallest absolute Gasteiger partial charge is 0.224 e. The van der Waals surface area contributed by atoms with Crippen LogP contribution < -0.4 is 5.32 Å². The van der Waals surface area contributed by atoms with E-state index in [1.807, 2.05) is 54.8 Å². The second-order valence-corrected chi connectivity index (χ2v) is 5.73.